The largest absolute Gasteiger partial charge is 0.497 e. The number of esters is 1. The molecule has 0 aromatic heterocycles. The third-order valence-electron chi connectivity index (χ3n) is 4.72. The zero-order chi connectivity index (χ0) is 22.9. The number of ether oxygens (including phenoxy) is 4. The second kappa shape index (κ2) is 10.7. The molecule has 3 rings (SSSR count). The number of carbonyl (C=O) groups is 1. The molecule has 0 spiro atoms. The molecule has 0 radical (unpaired) electrons. The lowest BCUT2D eigenvalue weighted by atomic mass is 10.0. The summed E-state index contributed by atoms with van der Waals surface area (Å²) in [6.07, 6.45) is 1.82. The normalized spacial score (nSPS) is 10.8. The van der Waals surface area contributed by atoms with Crippen molar-refractivity contribution in [3.63, 3.8) is 0 Å². The van der Waals surface area contributed by atoms with Gasteiger partial charge >= 0.3 is 5.97 Å². The quantitative estimate of drug-likeness (QED) is 0.219. The molecule has 3 aromatic rings. The van der Waals surface area contributed by atoms with Crippen LogP contribution in [0.1, 0.15) is 16.7 Å². The van der Waals surface area contributed by atoms with Gasteiger partial charge in [0.05, 0.1) is 39.4 Å². The number of rotatable bonds is 8. The van der Waals surface area contributed by atoms with Gasteiger partial charge in [0, 0.05) is 0 Å². The van der Waals surface area contributed by atoms with E-state index in [2.05, 4.69) is 6.07 Å². The van der Waals surface area contributed by atoms with Crippen molar-refractivity contribution < 1.29 is 23.7 Å². The predicted octanol–water partition coefficient (Wildman–Crippen LogP) is 4.92. The van der Waals surface area contributed by atoms with E-state index in [9.17, 15) is 10.1 Å². The third-order valence-corrected chi connectivity index (χ3v) is 4.72. The van der Waals surface area contributed by atoms with Crippen LogP contribution in [0.4, 0.5) is 0 Å². The van der Waals surface area contributed by atoms with Crippen molar-refractivity contribution >= 4 is 17.6 Å². The number of nitriles is 1. The first-order chi connectivity index (χ1) is 15.6. The maximum absolute atomic E-state index is 12.4. The van der Waals surface area contributed by atoms with Gasteiger partial charge in [0.15, 0.2) is 11.5 Å². The Morgan fingerprint density at radius 3 is 2.28 bits per heavy atom. The maximum atomic E-state index is 12.4. The summed E-state index contributed by atoms with van der Waals surface area (Å²) >= 11 is 0. The predicted molar refractivity (Wildman–Crippen MR) is 122 cm³/mol. The molecule has 0 atom stereocenters. The van der Waals surface area contributed by atoms with Gasteiger partial charge in [-0.1, -0.05) is 18.2 Å². The van der Waals surface area contributed by atoms with E-state index in [0.717, 1.165) is 22.4 Å². The molecule has 0 N–H and O–H groups in total. The van der Waals surface area contributed by atoms with Gasteiger partial charge in [-0.25, -0.2) is 0 Å². The van der Waals surface area contributed by atoms with Crippen molar-refractivity contribution in [3.05, 3.63) is 83.4 Å². The molecule has 0 bridgehead atoms. The molecule has 0 aliphatic heterocycles. The average Bonchev–Trinajstić information content (AvgIpc) is 2.82. The molecule has 0 saturated heterocycles. The van der Waals surface area contributed by atoms with Crippen LogP contribution in [0.3, 0.4) is 0 Å². The number of allylic oxidation sites excluding steroid dienone is 1. The zero-order valence-corrected chi connectivity index (χ0v) is 18.1. The summed E-state index contributed by atoms with van der Waals surface area (Å²) in [5, 5.41) is 9.57. The Labute approximate surface area is 187 Å². The molecular formula is C26H23NO5. The molecule has 0 unspecified atom stereocenters. The van der Waals surface area contributed by atoms with Crippen molar-refractivity contribution in [2.24, 2.45) is 0 Å². The summed E-state index contributed by atoms with van der Waals surface area (Å²) in [4.78, 5) is 12.4. The van der Waals surface area contributed by atoms with Crippen LogP contribution in [-0.4, -0.2) is 27.3 Å². The summed E-state index contributed by atoms with van der Waals surface area (Å²) < 4.78 is 21.1. The fourth-order valence-electron chi connectivity index (χ4n) is 3.11. The third kappa shape index (κ3) is 5.67. The Balaban J connectivity index is 1.73. The fourth-order valence-corrected chi connectivity index (χ4v) is 3.11. The Hall–Kier alpha value is -4.24. The summed E-state index contributed by atoms with van der Waals surface area (Å²) in [6.45, 7) is 0. The highest BCUT2D eigenvalue weighted by Crippen LogP contribution is 2.28. The first-order valence-electron chi connectivity index (χ1n) is 9.84. The Morgan fingerprint density at radius 1 is 0.875 bits per heavy atom. The maximum Gasteiger partial charge on any atom is 0.315 e. The van der Waals surface area contributed by atoms with Crippen molar-refractivity contribution in [3.8, 4) is 29.1 Å². The molecule has 0 fully saturated rings. The summed E-state index contributed by atoms with van der Waals surface area (Å²) in [5.74, 6) is 1.85. The second-order valence-corrected chi connectivity index (χ2v) is 6.81. The van der Waals surface area contributed by atoms with Crippen LogP contribution in [0.15, 0.2) is 66.7 Å². The van der Waals surface area contributed by atoms with Crippen molar-refractivity contribution in [1.82, 2.24) is 0 Å². The summed E-state index contributed by atoms with van der Waals surface area (Å²) in [6, 6.07) is 21.7. The number of nitrogens with zero attached hydrogens (tertiary/aromatic N) is 1. The van der Waals surface area contributed by atoms with Crippen molar-refractivity contribution in [2.45, 2.75) is 6.42 Å². The highest BCUT2D eigenvalue weighted by atomic mass is 16.5. The van der Waals surface area contributed by atoms with Crippen LogP contribution >= 0.6 is 0 Å². The summed E-state index contributed by atoms with van der Waals surface area (Å²) in [7, 11) is 4.69. The molecule has 0 heterocycles. The fraction of sp³-hybridized carbons (Fsp3) is 0.154. The number of methoxy groups -OCH3 is 3. The molecule has 0 amide bonds. The van der Waals surface area contributed by atoms with Gasteiger partial charge in [-0.15, -0.1) is 0 Å². The lowest BCUT2D eigenvalue weighted by Crippen LogP contribution is -2.11. The van der Waals surface area contributed by atoms with Gasteiger partial charge in [-0.2, -0.15) is 5.26 Å². The lowest BCUT2D eigenvalue weighted by molar-refractivity contribution is -0.133. The van der Waals surface area contributed by atoms with Gasteiger partial charge in [0.2, 0.25) is 0 Å². The van der Waals surface area contributed by atoms with E-state index in [1.807, 2.05) is 18.2 Å². The Bertz CT molecular complexity index is 1160. The molecule has 32 heavy (non-hydrogen) atoms. The summed E-state index contributed by atoms with van der Waals surface area (Å²) in [5.41, 5.74) is 2.74. The second-order valence-electron chi connectivity index (χ2n) is 6.81. The average molecular weight is 429 g/mol. The monoisotopic (exact) mass is 429 g/mol. The smallest absolute Gasteiger partial charge is 0.315 e. The first kappa shape index (κ1) is 22.4. The molecule has 6 nitrogen and oxygen atoms in total. The highest BCUT2D eigenvalue weighted by molar-refractivity contribution is 5.90. The van der Waals surface area contributed by atoms with E-state index in [4.69, 9.17) is 18.9 Å². The number of hydrogen-bond acceptors (Lipinski definition) is 6. The number of benzene rings is 3. The van der Waals surface area contributed by atoms with Gasteiger partial charge in [-0.05, 0) is 71.3 Å². The zero-order valence-electron chi connectivity index (χ0n) is 18.1. The molecule has 162 valence electrons. The molecule has 0 aliphatic rings. The van der Waals surface area contributed by atoms with E-state index in [1.165, 1.54) is 0 Å². The highest BCUT2D eigenvalue weighted by Gasteiger charge is 2.11. The van der Waals surface area contributed by atoms with Crippen molar-refractivity contribution in [1.29, 1.82) is 5.26 Å². The van der Waals surface area contributed by atoms with E-state index in [0.29, 0.717) is 22.8 Å². The molecular weight excluding hydrogens is 406 g/mol. The van der Waals surface area contributed by atoms with Gasteiger partial charge in [-0.3, -0.25) is 4.79 Å². The molecule has 0 aliphatic carbocycles. The number of hydrogen-bond donors (Lipinski definition) is 0. The Morgan fingerprint density at radius 2 is 1.62 bits per heavy atom. The molecule has 3 aromatic carbocycles. The lowest BCUT2D eigenvalue weighted by Gasteiger charge is -2.10. The first-order valence-corrected chi connectivity index (χ1v) is 9.84. The van der Waals surface area contributed by atoms with E-state index in [-0.39, 0.29) is 6.42 Å². The van der Waals surface area contributed by atoms with Crippen LogP contribution in [-0.2, 0) is 11.2 Å². The minimum absolute atomic E-state index is 0.0791. The minimum atomic E-state index is -0.408. The standard InChI is InChI=1S/C26H23NO5/c1-29-22-10-8-20(9-11-22)21(17-27)13-18-5-4-6-23(14-18)32-26(28)16-19-7-12-24(30-2)25(15-19)31-3/h4-15H,16H2,1-3H3/b21-13-. The van der Waals surface area contributed by atoms with Crippen LogP contribution < -0.4 is 18.9 Å². The SMILES string of the molecule is COc1ccc(/C(C#N)=C\c2cccc(OC(=O)Cc3ccc(OC)c(OC)c3)c2)cc1. The number of carbonyl (C=O) groups excluding carboxylic acids is 1. The van der Waals surface area contributed by atoms with Gasteiger partial charge in [0.25, 0.3) is 0 Å². The van der Waals surface area contributed by atoms with Crippen LogP contribution in [0.25, 0.3) is 11.6 Å². The van der Waals surface area contributed by atoms with Crippen LogP contribution in [0.5, 0.6) is 23.0 Å². The van der Waals surface area contributed by atoms with Crippen LogP contribution in [0, 0.1) is 11.3 Å². The topological polar surface area (TPSA) is 77.8 Å². The molecule has 0 saturated carbocycles. The minimum Gasteiger partial charge on any atom is -0.497 e. The molecule has 6 heteroatoms. The Kier molecular flexibility index (Phi) is 7.50. The van der Waals surface area contributed by atoms with E-state index >= 15 is 0 Å². The van der Waals surface area contributed by atoms with Crippen molar-refractivity contribution in [2.75, 3.05) is 21.3 Å². The van der Waals surface area contributed by atoms with E-state index < -0.39 is 5.97 Å². The van der Waals surface area contributed by atoms with Gasteiger partial charge in [0.1, 0.15) is 11.5 Å². The van der Waals surface area contributed by atoms with Gasteiger partial charge < -0.3 is 18.9 Å². The van der Waals surface area contributed by atoms with E-state index in [1.54, 1.807) is 75.9 Å². The van der Waals surface area contributed by atoms with Crippen LogP contribution in [0.2, 0.25) is 0 Å².